The molecule has 0 atom stereocenters. The molecule has 1 fully saturated rings. The highest BCUT2D eigenvalue weighted by Crippen LogP contribution is 2.37. The van der Waals surface area contributed by atoms with Gasteiger partial charge in [0, 0.05) is 5.56 Å². The van der Waals surface area contributed by atoms with Gasteiger partial charge in [0.1, 0.15) is 5.82 Å². The summed E-state index contributed by atoms with van der Waals surface area (Å²) in [7, 11) is 3.08. The van der Waals surface area contributed by atoms with Crippen molar-refractivity contribution in [3.8, 4) is 11.5 Å². The Morgan fingerprint density at radius 3 is 2.59 bits per heavy atom. The van der Waals surface area contributed by atoms with Gasteiger partial charge in [0.25, 0.3) is 11.1 Å². The van der Waals surface area contributed by atoms with Gasteiger partial charge >= 0.3 is 0 Å². The lowest BCUT2D eigenvalue weighted by molar-refractivity contribution is -0.123. The standard InChI is InChI=1S/C19H15FINO4S/c1-25-15-8-11(7-14(21)17(15)26-2)9-16-18(23)22(19(24)27-16)10-12-5-3-4-6-13(12)20/h3-9H,10H2,1-2H3/b16-9-. The Kier molecular flexibility index (Phi) is 6.05. The first-order valence-electron chi connectivity index (χ1n) is 7.85. The van der Waals surface area contributed by atoms with Crippen LogP contribution in [0.1, 0.15) is 11.1 Å². The van der Waals surface area contributed by atoms with Crippen LogP contribution in [0.4, 0.5) is 9.18 Å². The predicted molar refractivity (Wildman–Crippen MR) is 110 cm³/mol. The van der Waals surface area contributed by atoms with Crippen molar-refractivity contribution in [3.05, 3.63) is 61.8 Å². The van der Waals surface area contributed by atoms with Crippen LogP contribution >= 0.6 is 34.4 Å². The zero-order valence-corrected chi connectivity index (χ0v) is 17.5. The van der Waals surface area contributed by atoms with E-state index in [1.165, 1.54) is 13.2 Å². The van der Waals surface area contributed by atoms with Crippen LogP contribution in [0.3, 0.4) is 0 Å². The molecule has 8 heteroatoms. The van der Waals surface area contributed by atoms with Gasteiger partial charge in [-0.3, -0.25) is 14.5 Å². The van der Waals surface area contributed by atoms with Gasteiger partial charge in [-0.2, -0.15) is 0 Å². The van der Waals surface area contributed by atoms with E-state index in [9.17, 15) is 14.0 Å². The van der Waals surface area contributed by atoms with Crippen LogP contribution in [-0.4, -0.2) is 30.3 Å². The Bertz CT molecular complexity index is 947. The fraction of sp³-hybridized carbons (Fsp3) is 0.158. The highest BCUT2D eigenvalue weighted by molar-refractivity contribution is 14.1. The van der Waals surface area contributed by atoms with E-state index >= 15 is 0 Å². The van der Waals surface area contributed by atoms with E-state index in [0.717, 1.165) is 20.2 Å². The van der Waals surface area contributed by atoms with Crippen molar-refractivity contribution in [1.82, 2.24) is 4.90 Å². The molecule has 140 valence electrons. The number of imide groups is 1. The van der Waals surface area contributed by atoms with Crippen molar-refractivity contribution in [2.45, 2.75) is 6.54 Å². The van der Waals surface area contributed by atoms with Gasteiger partial charge in [0.2, 0.25) is 0 Å². The fourth-order valence-corrected chi connectivity index (χ4v) is 4.29. The largest absolute Gasteiger partial charge is 0.493 e. The molecule has 0 aromatic heterocycles. The number of hydrogen-bond acceptors (Lipinski definition) is 5. The second kappa shape index (κ2) is 8.30. The molecule has 0 bridgehead atoms. The number of rotatable bonds is 5. The molecule has 0 aliphatic carbocycles. The molecule has 0 saturated carbocycles. The molecule has 2 aromatic carbocycles. The van der Waals surface area contributed by atoms with Crippen LogP contribution in [-0.2, 0) is 11.3 Å². The lowest BCUT2D eigenvalue weighted by Gasteiger charge is -2.13. The molecule has 1 heterocycles. The maximum absolute atomic E-state index is 13.8. The van der Waals surface area contributed by atoms with Gasteiger partial charge in [-0.15, -0.1) is 0 Å². The fourth-order valence-electron chi connectivity index (χ4n) is 2.61. The summed E-state index contributed by atoms with van der Waals surface area (Å²) in [4.78, 5) is 26.2. The van der Waals surface area contributed by atoms with Gasteiger partial charge in [0.15, 0.2) is 11.5 Å². The summed E-state index contributed by atoms with van der Waals surface area (Å²) in [6.07, 6.45) is 1.62. The molecule has 3 rings (SSSR count). The highest BCUT2D eigenvalue weighted by atomic mass is 127. The van der Waals surface area contributed by atoms with Gasteiger partial charge < -0.3 is 9.47 Å². The zero-order valence-electron chi connectivity index (χ0n) is 14.5. The number of amides is 2. The summed E-state index contributed by atoms with van der Waals surface area (Å²) < 4.78 is 25.3. The van der Waals surface area contributed by atoms with Crippen molar-refractivity contribution >= 4 is 51.6 Å². The van der Waals surface area contributed by atoms with Crippen LogP contribution in [0.2, 0.25) is 0 Å². The summed E-state index contributed by atoms with van der Waals surface area (Å²) in [6, 6.07) is 9.64. The second-order valence-electron chi connectivity index (χ2n) is 5.60. The first-order valence-corrected chi connectivity index (χ1v) is 9.74. The number of carbonyl (C=O) groups excluding carboxylic acids is 2. The van der Waals surface area contributed by atoms with Crippen molar-refractivity contribution in [2.75, 3.05) is 14.2 Å². The molecule has 0 unspecified atom stereocenters. The third-order valence-electron chi connectivity index (χ3n) is 3.91. The lowest BCUT2D eigenvalue weighted by atomic mass is 10.1. The van der Waals surface area contributed by atoms with Crippen LogP contribution in [0.15, 0.2) is 41.3 Å². The van der Waals surface area contributed by atoms with E-state index < -0.39 is 17.0 Å². The molecule has 27 heavy (non-hydrogen) atoms. The Morgan fingerprint density at radius 1 is 1.19 bits per heavy atom. The topological polar surface area (TPSA) is 55.8 Å². The SMILES string of the molecule is COc1cc(/C=C2\SC(=O)N(Cc3ccccc3F)C2=O)cc(I)c1OC. The third-order valence-corrected chi connectivity index (χ3v) is 5.62. The van der Waals surface area contributed by atoms with E-state index in [1.807, 2.05) is 6.07 Å². The van der Waals surface area contributed by atoms with Gasteiger partial charge in [0.05, 0.1) is 29.2 Å². The number of benzene rings is 2. The summed E-state index contributed by atoms with van der Waals surface area (Å²) >= 11 is 2.94. The van der Waals surface area contributed by atoms with E-state index in [2.05, 4.69) is 22.6 Å². The van der Waals surface area contributed by atoms with Crippen LogP contribution in [0.25, 0.3) is 6.08 Å². The third kappa shape index (κ3) is 4.11. The summed E-state index contributed by atoms with van der Waals surface area (Å²) in [6.45, 7) is -0.0991. The lowest BCUT2D eigenvalue weighted by Crippen LogP contribution is -2.27. The van der Waals surface area contributed by atoms with Crippen molar-refractivity contribution in [1.29, 1.82) is 0 Å². The first kappa shape index (κ1) is 19.7. The molecular weight excluding hydrogens is 484 g/mol. The monoisotopic (exact) mass is 499 g/mol. The molecule has 0 N–H and O–H groups in total. The zero-order chi connectivity index (χ0) is 19.6. The summed E-state index contributed by atoms with van der Waals surface area (Å²) in [5.74, 6) is 0.233. The van der Waals surface area contributed by atoms with Crippen molar-refractivity contribution in [2.24, 2.45) is 0 Å². The predicted octanol–water partition coefficient (Wildman–Crippen LogP) is 4.68. The Hall–Kier alpha value is -2.07. The van der Waals surface area contributed by atoms with Gasteiger partial charge in [-0.1, -0.05) is 18.2 Å². The highest BCUT2D eigenvalue weighted by Gasteiger charge is 2.35. The summed E-state index contributed by atoms with van der Waals surface area (Å²) in [5.41, 5.74) is 0.996. The molecule has 2 amide bonds. The molecule has 1 aliphatic rings. The smallest absolute Gasteiger partial charge is 0.293 e. The average Bonchev–Trinajstić information content (AvgIpc) is 2.90. The molecule has 0 spiro atoms. The number of halogens is 2. The maximum Gasteiger partial charge on any atom is 0.293 e. The molecule has 0 radical (unpaired) electrons. The van der Waals surface area contributed by atoms with E-state index in [-0.39, 0.29) is 11.4 Å². The molecular formula is C19H15FINO4S. The minimum atomic E-state index is -0.449. The normalized spacial score (nSPS) is 15.6. The Balaban J connectivity index is 1.88. The average molecular weight is 499 g/mol. The van der Waals surface area contributed by atoms with Crippen molar-refractivity contribution < 1.29 is 23.5 Å². The first-order chi connectivity index (χ1) is 12.9. The second-order valence-corrected chi connectivity index (χ2v) is 7.75. The van der Waals surface area contributed by atoms with Gasteiger partial charge in [-0.05, 0) is 64.2 Å². The number of carbonyl (C=O) groups is 2. The Labute approximate surface area is 173 Å². The van der Waals surface area contributed by atoms with Gasteiger partial charge in [-0.25, -0.2) is 4.39 Å². The molecule has 5 nitrogen and oxygen atoms in total. The van der Waals surface area contributed by atoms with E-state index in [0.29, 0.717) is 22.6 Å². The molecule has 1 saturated heterocycles. The number of hydrogen-bond donors (Lipinski definition) is 0. The quantitative estimate of drug-likeness (QED) is 0.442. The number of ether oxygens (including phenoxy) is 2. The maximum atomic E-state index is 13.8. The van der Waals surface area contributed by atoms with Crippen LogP contribution in [0, 0.1) is 9.39 Å². The molecule has 1 aliphatic heterocycles. The van der Waals surface area contributed by atoms with E-state index in [4.69, 9.17) is 9.47 Å². The number of nitrogens with zero attached hydrogens (tertiary/aromatic N) is 1. The number of thioether (sulfide) groups is 1. The van der Waals surface area contributed by atoms with Crippen LogP contribution in [0.5, 0.6) is 11.5 Å². The van der Waals surface area contributed by atoms with E-state index in [1.54, 1.807) is 37.5 Å². The van der Waals surface area contributed by atoms with Crippen molar-refractivity contribution in [3.63, 3.8) is 0 Å². The Morgan fingerprint density at radius 2 is 1.93 bits per heavy atom. The minimum absolute atomic E-state index is 0.0991. The summed E-state index contributed by atoms with van der Waals surface area (Å²) in [5, 5.41) is -0.426. The van der Waals surface area contributed by atoms with Crippen LogP contribution < -0.4 is 9.47 Å². The number of methoxy groups -OCH3 is 2. The molecule has 2 aromatic rings. The minimum Gasteiger partial charge on any atom is -0.493 e.